The molecule has 1 fully saturated rings. The van der Waals surface area contributed by atoms with Crippen LogP contribution in [-0.2, 0) is 14.6 Å². The van der Waals surface area contributed by atoms with Gasteiger partial charge in [0.15, 0.2) is 9.84 Å². The van der Waals surface area contributed by atoms with Gasteiger partial charge in [-0.25, -0.2) is 8.42 Å². The van der Waals surface area contributed by atoms with Crippen LogP contribution in [0.15, 0.2) is 29.2 Å². The second-order valence-electron chi connectivity index (χ2n) is 5.07. The monoisotopic (exact) mass is 284 g/mol. The molecular formula is C14H20O4S. The zero-order chi connectivity index (χ0) is 13.9. The summed E-state index contributed by atoms with van der Waals surface area (Å²) in [5, 5.41) is 10.1. The van der Waals surface area contributed by atoms with Crippen LogP contribution in [0.5, 0.6) is 0 Å². The molecule has 0 spiro atoms. The average Bonchev–Trinajstić information content (AvgIpc) is 2.88. The van der Waals surface area contributed by atoms with E-state index >= 15 is 0 Å². The van der Waals surface area contributed by atoms with Crippen molar-refractivity contribution in [1.82, 2.24) is 0 Å². The molecule has 2 rings (SSSR count). The summed E-state index contributed by atoms with van der Waals surface area (Å²) in [5.74, 6) is 0. The van der Waals surface area contributed by atoms with E-state index in [0.29, 0.717) is 12.0 Å². The van der Waals surface area contributed by atoms with Gasteiger partial charge in [-0.05, 0) is 43.4 Å². The molecule has 0 bridgehead atoms. The minimum Gasteiger partial charge on any atom is -0.388 e. The molecule has 4 nitrogen and oxygen atoms in total. The van der Waals surface area contributed by atoms with E-state index in [9.17, 15) is 13.5 Å². The lowest BCUT2D eigenvalue weighted by Gasteiger charge is -2.14. The first-order valence-corrected chi connectivity index (χ1v) is 8.45. The Morgan fingerprint density at radius 2 is 2.26 bits per heavy atom. The van der Waals surface area contributed by atoms with Crippen molar-refractivity contribution in [1.29, 1.82) is 0 Å². The first kappa shape index (κ1) is 14.5. The Hall–Kier alpha value is -0.910. The molecule has 1 aliphatic heterocycles. The van der Waals surface area contributed by atoms with Crippen molar-refractivity contribution < 1.29 is 18.3 Å². The van der Waals surface area contributed by atoms with Gasteiger partial charge in [-0.15, -0.1) is 0 Å². The fourth-order valence-corrected chi connectivity index (χ4v) is 3.01. The molecule has 1 aliphatic rings. The number of ether oxygens (including phenoxy) is 1. The molecule has 0 amide bonds. The van der Waals surface area contributed by atoms with Crippen molar-refractivity contribution in [2.75, 3.05) is 12.9 Å². The van der Waals surface area contributed by atoms with Gasteiger partial charge in [0.25, 0.3) is 0 Å². The number of aliphatic hydroxyl groups excluding tert-OH is 1. The Labute approximate surface area is 114 Å². The number of benzene rings is 1. The molecule has 0 aromatic heterocycles. The Bertz CT molecular complexity index is 518. The summed E-state index contributed by atoms with van der Waals surface area (Å²) in [6.07, 6.45) is 4.33. The van der Waals surface area contributed by atoms with Crippen LogP contribution in [0, 0.1) is 0 Å². The first-order chi connectivity index (χ1) is 8.97. The fraction of sp³-hybridized carbons (Fsp3) is 0.571. The zero-order valence-electron chi connectivity index (χ0n) is 11.1. The van der Waals surface area contributed by atoms with Gasteiger partial charge in [0, 0.05) is 12.9 Å². The van der Waals surface area contributed by atoms with E-state index in [1.165, 1.54) is 6.26 Å². The number of sulfone groups is 1. The van der Waals surface area contributed by atoms with E-state index in [1.807, 2.05) is 0 Å². The van der Waals surface area contributed by atoms with Crippen LogP contribution < -0.4 is 0 Å². The molecule has 19 heavy (non-hydrogen) atoms. The first-order valence-electron chi connectivity index (χ1n) is 6.56. The van der Waals surface area contributed by atoms with Crippen LogP contribution in [0.25, 0.3) is 0 Å². The quantitative estimate of drug-likeness (QED) is 0.899. The lowest BCUT2D eigenvalue weighted by Crippen LogP contribution is -2.08. The molecule has 5 heteroatoms. The number of hydrogen-bond acceptors (Lipinski definition) is 4. The molecule has 0 radical (unpaired) electrons. The smallest absolute Gasteiger partial charge is 0.175 e. The number of rotatable bonds is 5. The highest BCUT2D eigenvalue weighted by atomic mass is 32.2. The maximum absolute atomic E-state index is 11.5. The predicted molar refractivity (Wildman–Crippen MR) is 72.7 cm³/mol. The second kappa shape index (κ2) is 6.03. The summed E-state index contributed by atoms with van der Waals surface area (Å²) < 4.78 is 28.5. The molecule has 0 saturated carbocycles. The maximum atomic E-state index is 11.5. The van der Waals surface area contributed by atoms with Crippen molar-refractivity contribution in [3.05, 3.63) is 29.8 Å². The highest BCUT2D eigenvalue weighted by Gasteiger charge is 2.18. The van der Waals surface area contributed by atoms with Crippen molar-refractivity contribution in [2.24, 2.45) is 0 Å². The molecule has 1 aromatic carbocycles. The number of aliphatic hydroxyl groups is 1. The van der Waals surface area contributed by atoms with Gasteiger partial charge >= 0.3 is 0 Å². The van der Waals surface area contributed by atoms with Gasteiger partial charge in [0.1, 0.15) is 0 Å². The molecule has 2 unspecified atom stereocenters. The molecule has 1 saturated heterocycles. The van der Waals surface area contributed by atoms with Gasteiger partial charge in [0.2, 0.25) is 0 Å². The Balaban J connectivity index is 2.00. The van der Waals surface area contributed by atoms with Gasteiger partial charge in [-0.3, -0.25) is 0 Å². The van der Waals surface area contributed by atoms with E-state index < -0.39 is 15.9 Å². The van der Waals surface area contributed by atoms with E-state index in [1.54, 1.807) is 24.3 Å². The highest BCUT2D eigenvalue weighted by Crippen LogP contribution is 2.25. The summed E-state index contributed by atoms with van der Waals surface area (Å²) in [6.45, 7) is 0.810. The van der Waals surface area contributed by atoms with Crippen molar-refractivity contribution >= 4 is 9.84 Å². The molecule has 1 N–H and O–H groups in total. The Morgan fingerprint density at radius 3 is 2.89 bits per heavy atom. The van der Waals surface area contributed by atoms with Crippen LogP contribution in [-0.4, -0.2) is 32.5 Å². The van der Waals surface area contributed by atoms with Crippen molar-refractivity contribution in [3.8, 4) is 0 Å². The lowest BCUT2D eigenvalue weighted by molar-refractivity contribution is 0.0812. The molecule has 1 aromatic rings. The SMILES string of the molecule is CS(=O)(=O)c1cccc(C(O)CCC2CCCO2)c1. The third-order valence-electron chi connectivity index (χ3n) is 3.46. The van der Waals surface area contributed by atoms with E-state index in [4.69, 9.17) is 4.74 Å². The van der Waals surface area contributed by atoms with Crippen LogP contribution in [0.2, 0.25) is 0 Å². The van der Waals surface area contributed by atoms with Crippen LogP contribution in [0.1, 0.15) is 37.4 Å². The summed E-state index contributed by atoms with van der Waals surface area (Å²) >= 11 is 0. The third-order valence-corrected chi connectivity index (χ3v) is 4.57. The summed E-state index contributed by atoms with van der Waals surface area (Å²) in [6, 6.07) is 6.52. The minimum atomic E-state index is -3.23. The fourth-order valence-electron chi connectivity index (χ4n) is 2.33. The van der Waals surface area contributed by atoms with Gasteiger partial charge in [0.05, 0.1) is 17.1 Å². The van der Waals surface area contributed by atoms with Crippen LogP contribution in [0.3, 0.4) is 0 Å². The number of hydrogen-bond donors (Lipinski definition) is 1. The molecule has 0 aliphatic carbocycles. The zero-order valence-corrected chi connectivity index (χ0v) is 11.9. The van der Waals surface area contributed by atoms with E-state index in [2.05, 4.69) is 0 Å². The standard InChI is InChI=1S/C14H20O4S/c1-19(16,17)13-6-2-4-11(10-13)14(15)8-7-12-5-3-9-18-12/h2,4,6,10,12,14-15H,3,5,7-9H2,1H3. The molecule has 2 atom stereocenters. The van der Waals surface area contributed by atoms with E-state index in [-0.39, 0.29) is 11.0 Å². The second-order valence-corrected chi connectivity index (χ2v) is 7.09. The third kappa shape index (κ3) is 4.03. The summed E-state index contributed by atoms with van der Waals surface area (Å²) in [4.78, 5) is 0.251. The molecule has 106 valence electrons. The summed E-state index contributed by atoms with van der Waals surface area (Å²) in [7, 11) is -3.23. The van der Waals surface area contributed by atoms with Gasteiger partial charge in [-0.1, -0.05) is 12.1 Å². The average molecular weight is 284 g/mol. The molecule has 1 heterocycles. The van der Waals surface area contributed by atoms with Gasteiger partial charge < -0.3 is 9.84 Å². The predicted octanol–water partition coefficient (Wildman–Crippen LogP) is 2.08. The van der Waals surface area contributed by atoms with Crippen LogP contribution in [0.4, 0.5) is 0 Å². The van der Waals surface area contributed by atoms with E-state index in [0.717, 1.165) is 25.9 Å². The molecular weight excluding hydrogens is 264 g/mol. The maximum Gasteiger partial charge on any atom is 0.175 e. The van der Waals surface area contributed by atoms with Crippen molar-refractivity contribution in [2.45, 2.75) is 42.8 Å². The lowest BCUT2D eigenvalue weighted by atomic mass is 10.0. The Morgan fingerprint density at radius 1 is 1.47 bits per heavy atom. The Kier molecular flexibility index (Phi) is 4.60. The topological polar surface area (TPSA) is 63.6 Å². The summed E-state index contributed by atoms with van der Waals surface area (Å²) in [5.41, 5.74) is 0.654. The van der Waals surface area contributed by atoms with Gasteiger partial charge in [-0.2, -0.15) is 0 Å². The normalized spacial score (nSPS) is 21.5. The minimum absolute atomic E-state index is 0.243. The highest BCUT2D eigenvalue weighted by molar-refractivity contribution is 7.90. The van der Waals surface area contributed by atoms with Crippen LogP contribution >= 0.6 is 0 Å². The van der Waals surface area contributed by atoms with Crippen molar-refractivity contribution in [3.63, 3.8) is 0 Å². The largest absolute Gasteiger partial charge is 0.388 e.